The molecule has 0 aliphatic heterocycles. The second kappa shape index (κ2) is 8.43. The monoisotopic (exact) mass is 387 g/mol. The molecule has 1 amide bonds. The van der Waals surface area contributed by atoms with Gasteiger partial charge in [-0.25, -0.2) is 4.68 Å². The van der Waals surface area contributed by atoms with Crippen molar-refractivity contribution < 1.29 is 9.59 Å². The van der Waals surface area contributed by atoms with Gasteiger partial charge in [0.05, 0.1) is 11.4 Å². The van der Waals surface area contributed by atoms with Crippen molar-refractivity contribution in [1.29, 1.82) is 0 Å². The molecule has 1 aliphatic rings. The number of nitrogens with zero attached hydrogens (tertiary/aromatic N) is 2. The molecular weight excluding hydrogens is 362 g/mol. The topological polar surface area (TPSA) is 64.0 Å². The summed E-state index contributed by atoms with van der Waals surface area (Å²) in [5.74, 6) is 0.439. The highest BCUT2D eigenvalue weighted by Crippen LogP contribution is 2.23. The lowest BCUT2D eigenvalue weighted by Crippen LogP contribution is -2.16. The minimum absolute atomic E-state index is 0.0151. The molecule has 5 heteroatoms. The number of carbonyl (C=O) groups excluding carboxylic acids is 2. The van der Waals surface area contributed by atoms with E-state index in [4.69, 9.17) is 0 Å². The molecule has 0 saturated carbocycles. The molecule has 3 aromatic rings. The quantitative estimate of drug-likeness (QED) is 0.626. The number of Topliss-reactive ketones (excluding diaryl/α,β-unsaturated/α-hetero) is 1. The molecule has 29 heavy (non-hydrogen) atoms. The van der Waals surface area contributed by atoms with Crippen molar-refractivity contribution in [2.24, 2.45) is 0 Å². The fraction of sp³-hybridized carbons (Fsp3) is 0.292. The number of ketones is 1. The molecule has 4 rings (SSSR count). The molecule has 0 saturated heterocycles. The molecule has 0 fully saturated rings. The summed E-state index contributed by atoms with van der Waals surface area (Å²) in [7, 11) is 0. The smallest absolute Gasteiger partial charge is 0.225 e. The average Bonchev–Trinajstić information content (AvgIpc) is 3.12. The highest BCUT2D eigenvalue weighted by atomic mass is 16.2. The van der Waals surface area contributed by atoms with Crippen molar-refractivity contribution >= 4 is 17.5 Å². The lowest BCUT2D eigenvalue weighted by molar-refractivity contribution is -0.116. The Balaban J connectivity index is 1.39. The zero-order valence-corrected chi connectivity index (χ0v) is 16.6. The van der Waals surface area contributed by atoms with E-state index >= 15 is 0 Å². The summed E-state index contributed by atoms with van der Waals surface area (Å²) in [5, 5.41) is 7.35. The molecule has 1 heterocycles. The first kappa shape index (κ1) is 19.1. The number of amides is 1. The normalized spacial score (nSPS) is 13.0. The van der Waals surface area contributed by atoms with Gasteiger partial charge < -0.3 is 5.32 Å². The Morgan fingerprint density at radius 3 is 2.52 bits per heavy atom. The van der Waals surface area contributed by atoms with Crippen molar-refractivity contribution in [3.8, 4) is 5.69 Å². The van der Waals surface area contributed by atoms with Gasteiger partial charge in [0.25, 0.3) is 0 Å². The average molecular weight is 387 g/mol. The van der Waals surface area contributed by atoms with E-state index < -0.39 is 0 Å². The number of fused-ring (bicyclic) bond motifs is 1. The first-order valence-corrected chi connectivity index (χ1v) is 10.2. The van der Waals surface area contributed by atoms with E-state index in [1.807, 2.05) is 55.5 Å². The summed E-state index contributed by atoms with van der Waals surface area (Å²) < 4.78 is 1.71. The predicted octanol–water partition coefficient (Wildman–Crippen LogP) is 4.66. The van der Waals surface area contributed by atoms with Crippen LogP contribution in [-0.4, -0.2) is 21.5 Å². The molecule has 0 atom stereocenters. The molecule has 1 aromatic heterocycles. The van der Waals surface area contributed by atoms with Crippen LogP contribution in [-0.2, 0) is 17.6 Å². The van der Waals surface area contributed by atoms with Gasteiger partial charge in [-0.3, -0.25) is 9.59 Å². The van der Waals surface area contributed by atoms with Crippen LogP contribution in [0, 0.1) is 6.92 Å². The second-order valence-electron chi connectivity index (χ2n) is 7.58. The van der Waals surface area contributed by atoms with Gasteiger partial charge in [-0.2, -0.15) is 5.10 Å². The molecule has 0 radical (unpaired) electrons. The first-order valence-electron chi connectivity index (χ1n) is 10.2. The van der Waals surface area contributed by atoms with Gasteiger partial charge in [-0.15, -0.1) is 0 Å². The third-order valence-corrected chi connectivity index (χ3v) is 5.35. The van der Waals surface area contributed by atoms with E-state index in [0.29, 0.717) is 11.4 Å². The Bertz CT molecular complexity index is 1040. The molecule has 5 nitrogen and oxygen atoms in total. The second-order valence-corrected chi connectivity index (χ2v) is 7.58. The number of benzene rings is 2. The highest BCUT2D eigenvalue weighted by molar-refractivity contribution is 6.00. The lowest BCUT2D eigenvalue weighted by Gasteiger charge is -2.16. The van der Waals surface area contributed by atoms with Gasteiger partial charge in [0.2, 0.25) is 5.91 Å². The van der Waals surface area contributed by atoms with Gasteiger partial charge in [0, 0.05) is 24.5 Å². The van der Waals surface area contributed by atoms with E-state index in [9.17, 15) is 9.59 Å². The predicted molar refractivity (Wildman–Crippen MR) is 114 cm³/mol. The summed E-state index contributed by atoms with van der Waals surface area (Å²) in [6.07, 6.45) is 4.89. The van der Waals surface area contributed by atoms with Crippen molar-refractivity contribution in [2.75, 3.05) is 5.32 Å². The van der Waals surface area contributed by atoms with Gasteiger partial charge in [0.15, 0.2) is 5.78 Å². The Morgan fingerprint density at radius 1 is 0.966 bits per heavy atom. The zero-order valence-electron chi connectivity index (χ0n) is 16.6. The number of hydrogen-bond acceptors (Lipinski definition) is 3. The van der Waals surface area contributed by atoms with Crippen molar-refractivity contribution in [2.45, 2.75) is 45.4 Å². The number of aryl methyl sites for hydroxylation is 3. The maximum atomic E-state index is 12.6. The third kappa shape index (κ3) is 4.45. The van der Waals surface area contributed by atoms with Gasteiger partial charge in [-0.05, 0) is 61.9 Å². The number of nitrogens with one attached hydrogen (secondary N) is 1. The summed E-state index contributed by atoms with van der Waals surface area (Å²) in [6, 6.07) is 17.5. The molecule has 0 spiro atoms. The summed E-state index contributed by atoms with van der Waals surface area (Å²) in [4.78, 5) is 25.1. The minimum atomic E-state index is -0.187. The van der Waals surface area contributed by atoms with Crippen LogP contribution in [0.1, 0.15) is 52.9 Å². The first-order chi connectivity index (χ1) is 14.1. The molecule has 1 N–H and O–H groups in total. The third-order valence-electron chi connectivity index (χ3n) is 5.35. The number of para-hydroxylation sites is 1. The van der Waals surface area contributed by atoms with Crippen LogP contribution in [0.4, 0.5) is 5.82 Å². The molecular formula is C24H25N3O2. The Kier molecular flexibility index (Phi) is 5.56. The molecule has 148 valence electrons. The summed E-state index contributed by atoms with van der Waals surface area (Å²) in [6.45, 7) is 1.88. The lowest BCUT2D eigenvalue weighted by atomic mass is 9.89. The zero-order chi connectivity index (χ0) is 20.2. The Hall–Kier alpha value is -3.21. The minimum Gasteiger partial charge on any atom is -0.311 e. The van der Waals surface area contributed by atoms with Crippen LogP contribution in [0.25, 0.3) is 5.69 Å². The van der Waals surface area contributed by atoms with E-state index in [0.717, 1.165) is 24.2 Å². The van der Waals surface area contributed by atoms with Crippen molar-refractivity contribution in [3.63, 3.8) is 0 Å². The SMILES string of the molecule is Cc1cc(NC(=O)CCC(=O)c2ccc3c(c2)CCCC3)n(-c2ccccc2)n1. The largest absolute Gasteiger partial charge is 0.311 e. The van der Waals surface area contributed by atoms with Gasteiger partial charge in [-0.1, -0.05) is 30.3 Å². The fourth-order valence-corrected chi connectivity index (χ4v) is 3.84. The standard InChI is InChI=1S/C24H25N3O2/c1-17-15-23(27(26-17)21-9-3-2-4-10-21)25-24(29)14-13-22(28)20-12-11-18-7-5-6-8-19(18)16-20/h2-4,9-12,15-16H,5-8,13-14H2,1H3,(H,25,29). The van der Waals surface area contributed by atoms with Crippen LogP contribution < -0.4 is 5.32 Å². The van der Waals surface area contributed by atoms with E-state index in [1.54, 1.807) is 4.68 Å². The molecule has 1 aliphatic carbocycles. The van der Waals surface area contributed by atoms with Crippen molar-refractivity contribution in [3.05, 3.63) is 77.0 Å². The summed E-state index contributed by atoms with van der Waals surface area (Å²) >= 11 is 0. The van der Waals surface area contributed by atoms with E-state index in [-0.39, 0.29) is 24.5 Å². The maximum Gasteiger partial charge on any atom is 0.225 e. The van der Waals surface area contributed by atoms with Crippen LogP contribution in [0.3, 0.4) is 0 Å². The number of aromatic nitrogens is 2. The van der Waals surface area contributed by atoms with Gasteiger partial charge >= 0.3 is 0 Å². The number of hydrogen-bond donors (Lipinski definition) is 1. The molecule has 0 unspecified atom stereocenters. The Labute approximate surface area is 170 Å². The Morgan fingerprint density at radius 2 is 1.72 bits per heavy atom. The number of rotatable bonds is 6. The van der Waals surface area contributed by atoms with E-state index in [1.165, 1.54) is 24.0 Å². The van der Waals surface area contributed by atoms with Crippen LogP contribution in [0.5, 0.6) is 0 Å². The maximum absolute atomic E-state index is 12.6. The molecule has 2 aromatic carbocycles. The highest BCUT2D eigenvalue weighted by Gasteiger charge is 2.15. The van der Waals surface area contributed by atoms with Crippen molar-refractivity contribution in [1.82, 2.24) is 9.78 Å². The van der Waals surface area contributed by atoms with E-state index in [2.05, 4.69) is 16.5 Å². The molecule has 0 bridgehead atoms. The summed E-state index contributed by atoms with van der Waals surface area (Å²) in [5.41, 5.74) is 5.04. The van der Waals surface area contributed by atoms with Gasteiger partial charge in [0.1, 0.15) is 5.82 Å². The number of carbonyl (C=O) groups is 2. The van der Waals surface area contributed by atoms with Crippen LogP contribution in [0.15, 0.2) is 54.6 Å². The van der Waals surface area contributed by atoms with Crippen LogP contribution in [0.2, 0.25) is 0 Å². The fourth-order valence-electron chi connectivity index (χ4n) is 3.84. The number of anilines is 1. The van der Waals surface area contributed by atoms with Crippen LogP contribution >= 0.6 is 0 Å².